The number of H-pyrrole nitrogens is 1. The molecule has 226 valence electrons. The van der Waals surface area contributed by atoms with Crippen LogP contribution in [0.5, 0.6) is 0 Å². The van der Waals surface area contributed by atoms with E-state index in [0.717, 1.165) is 53.0 Å². The second-order valence-electron chi connectivity index (χ2n) is 12.7. The first-order chi connectivity index (χ1) is 21.1. The first-order valence-electron chi connectivity index (χ1n) is 15.1. The lowest BCUT2D eigenvalue weighted by atomic mass is 9.90. The highest BCUT2D eigenvalue weighted by Crippen LogP contribution is 2.28. The van der Waals surface area contributed by atoms with Gasteiger partial charge in [0.1, 0.15) is 11.3 Å². The Morgan fingerprint density at radius 3 is 2.48 bits per heavy atom. The number of benzene rings is 3. The minimum Gasteiger partial charge on any atom is -0.339 e. The van der Waals surface area contributed by atoms with Gasteiger partial charge >= 0.3 is 6.03 Å². The molecule has 10 nitrogen and oxygen atoms in total. The SMILES string of the molecule is Cc1ccc(-n2nc(C(C)(C)C)cc2NC(=O)Nc2cccc(CC3CCN(C(=O)c4ccc5[nH]nnc5c4)CC3)c2)cc1. The minimum absolute atomic E-state index is 0.0314. The smallest absolute Gasteiger partial charge is 0.324 e. The maximum Gasteiger partial charge on any atom is 0.324 e. The largest absolute Gasteiger partial charge is 0.339 e. The van der Waals surface area contributed by atoms with Crippen LogP contribution in [0.25, 0.3) is 16.7 Å². The van der Waals surface area contributed by atoms with Gasteiger partial charge in [-0.25, -0.2) is 9.48 Å². The van der Waals surface area contributed by atoms with Gasteiger partial charge in [-0.3, -0.25) is 15.2 Å². The van der Waals surface area contributed by atoms with E-state index in [0.29, 0.717) is 35.9 Å². The number of urea groups is 1. The first-order valence-corrected chi connectivity index (χ1v) is 15.1. The van der Waals surface area contributed by atoms with E-state index >= 15 is 0 Å². The zero-order chi connectivity index (χ0) is 30.8. The molecule has 0 spiro atoms. The number of nitrogens with one attached hydrogen (secondary N) is 3. The summed E-state index contributed by atoms with van der Waals surface area (Å²) in [5, 5.41) is 21.5. The lowest BCUT2D eigenvalue weighted by Crippen LogP contribution is -2.38. The third kappa shape index (κ3) is 6.49. The Bertz CT molecular complexity index is 1790. The number of piperidine rings is 1. The number of carbonyl (C=O) groups excluding carboxylic acids is 2. The molecule has 3 amide bonds. The summed E-state index contributed by atoms with van der Waals surface area (Å²) in [4.78, 5) is 28.2. The van der Waals surface area contributed by atoms with Crippen molar-refractivity contribution in [2.45, 2.75) is 52.4 Å². The number of aromatic amines is 1. The second-order valence-corrected chi connectivity index (χ2v) is 12.7. The number of likely N-dealkylation sites (tertiary alicyclic amines) is 1. The van der Waals surface area contributed by atoms with Crippen LogP contribution < -0.4 is 10.6 Å². The molecule has 44 heavy (non-hydrogen) atoms. The molecular formula is C34H38N8O2. The van der Waals surface area contributed by atoms with Crippen LogP contribution in [0, 0.1) is 12.8 Å². The van der Waals surface area contributed by atoms with Gasteiger partial charge in [-0.1, -0.05) is 55.8 Å². The van der Waals surface area contributed by atoms with Gasteiger partial charge in [0.25, 0.3) is 5.91 Å². The standard InChI is InChI=1S/C34H38N8O2/c1-22-8-11-27(12-9-22)42-31(21-30(39-42)34(2,3)4)36-33(44)35-26-7-5-6-24(19-26)18-23-14-16-41(17-15-23)32(43)25-10-13-28-29(20-25)38-40-37-28/h5-13,19-21,23H,14-18H2,1-4H3,(H2,35,36,44)(H,37,38,40). The number of aryl methyl sites for hydroxylation is 1. The molecule has 0 atom stereocenters. The van der Waals surface area contributed by atoms with E-state index in [9.17, 15) is 9.59 Å². The molecule has 0 bridgehead atoms. The summed E-state index contributed by atoms with van der Waals surface area (Å²) in [7, 11) is 0. The van der Waals surface area contributed by atoms with E-state index in [1.165, 1.54) is 0 Å². The summed E-state index contributed by atoms with van der Waals surface area (Å²) >= 11 is 0. The third-order valence-electron chi connectivity index (χ3n) is 8.18. The van der Waals surface area contributed by atoms with Crippen molar-refractivity contribution in [2.24, 2.45) is 5.92 Å². The number of aromatic nitrogens is 5. The van der Waals surface area contributed by atoms with Crippen molar-refractivity contribution in [3.05, 3.63) is 95.2 Å². The number of fused-ring (bicyclic) bond motifs is 1. The molecule has 3 N–H and O–H groups in total. The molecule has 1 saturated heterocycles. The van der Waals surface area contributed by atoms with Crippen LogP contribution in [0.3, 0.4) is 0 Å². The van der Waals surface area contributed by atoms with Gasteiger partial charge in [0, 0.05) is 35.8 Å². The van der Waals surface area contributed by atoms with Crippen LogP contribution in [0.1, 0.15) is 60.8 Å². The van der Waals surface area contributed by atoms with Crippen molar-refractivity contribution in [1.82, 2.24) is 30.1 Å². The lowest BCUT2D eigenvalue weighted by molar-refractivity contribution is 0.0690. The van der Waals surface area contributed by atoms with Crippen molar-refractivity contribution in [1.29, 1.82) is 0 Å². The monoisotopic (exact) mass is 590 g/mol. The fourth-order valence-electron chi connectivity index (χ4n) is 5.60. The molecule has 0 aliphatic carbocycles. The van der Waals surface area contributed by atoms with Gasteiger partial charge in [-0.15, -0.1) is 5.10 Å². The summed E-state index contributed by atoms with van der Waals surface area (Å²) in [6, 6.07) is 23.1. The zero-order valence-electron chi connectivity index (χ0n) is 25.6. The Morgan fingerprint density at radius 1 is 0.955 bits per heavy atom. The molecule has 0 unspecified atom stereocenters. The number of carbonyl (C=O) groups is 2. The summed E-state index contributed by atoms with van der Waals surface area (Å²) in [6.45, 7) is 9.78. The molecule has 3 aromatic carbocycles. The van der Waals surface area contributed by atoms with E-state index in [1.807, 2.05) is 72.5 Å². The number of rotatable bonds is 6. The highest BCUT2D eigenvalue weighted by Gasteiger charge is 2.25. The molecule has 2 aromatic heterocycles. The zero-order valence-corrected chi connectivity index (χ0v) is 25.6. The maximum atomic E-state index is 13.1. The summed E-state index contributed by atoms with van der Waals surface area (Å²) in [5.41, 5.74) is 6.79. The van der Waals surface area contributed by atoms with E-state index in [4.69, 9.17) is 5.10 Å². The predicted octanol–water partition coefficient (Wildman–Crippen LogP) is 6.49. The summed E-state index contributed by atoms with van der Waals surface area (Å²) in [6.07, 6.45) is 2.74. The molecule has 10 heteroatoms. The Hall–Kier alpha value is -4.99. The summed E-state index contributed by atoms with van der Waals surface area (Å²) < 4.78 is 1.78. The molecule has 0 radical (unpaired) electrons. The Morgan fingerprint density at radius 2 is 1.73 bits per heavy atom. The highest BCUT2D eigenvalue weighted by molar-refractivity contribution is 5.99. The Balaban J connectivity index is 1.07. The van der Waals surface area contributed by atoms with Crippen molar-refractivity contribution in [3.8, 4) is 5.69 Å². The Labute approximate surface area is 256 Å². The first kappa shape index (κ1) is 29.1. The predicted molar refractivity (Wildman–Crippen MR) is 172 cm³/mol. The van der Waals surface area contributed by atoms with Crippen LogP contribution >= 0.6 is 0 Å². The van der Waals surface area contributed by atoms with Crippen LogP contribution in [0.2, 0.25) is 0 Å². The fourth-order valence-corrected chi connectivity index (χ4v) is 5.60. The van der Waals surface area contributed by atoms with Crippen LogP contribution in [-0.4, -0.2) is 55.1 Å². The van der Waals surface area contributed by atoms with E-state index in [1.54, 1.807) is 10.7 Å². The number of hydrogen-bond acceptors (Lipinski definition) is 5. The minimum atomic E-state index is -0.327. The van der Waals surface area contributed by atoms with E-state index < -0.39 is 0 Å². The molecule has 3 heterocycles. The number of nitrogens with zero attached hydrogens (tertiary/aromatic N) is 5. The molecule has 1 fully saturated rings. The Kier molecular flexibility index (Phi) is 7.90. The maximum absolute atomic E-state index is 13.1. The van der Waals surface area contributed by atoms with Crippen molar-refractivity contribution < 1.29 is 9.59 Å². The molecule has 1 aliphatic rings. The quantitative estimate of drug-likeness (QED) is 0.209. The van der Waals surface area contributed by atoms with Crippen LogP contribution in [-0.2, 0) is 11.8 Å². The van der Waals surface area contributed by atoms with Gasteiger partial charge in [0.15, 0.2) is 0 Å². The molecular weight excluding hydrogens is 552 g/mol. The van der Waals surface area contributed by atoms with Crippen molar-refractivity contribution in [2.75, 3.05) is 23.7 Å². The van der Waals surface area contributed by atoms with Gasteiger partial charge in [-0.05, 0) is 80.1 Å². The van der Waals surface area contributed by atoms with Crippen molar-refractivity contribution >= 4 is 34.5 Å². The molecule has 5 aromatic rings. The molecule has 0 saturated carbocycles. The molecule has 6 rings (SSSR count). The van der Waals surface area contributed by atoms with Gasteiger partial charge in [-0.2, -0.15) is 5.10 Å². The fraction of sp³-hybridized carbons (Fsp3) is 0.324. The average Bonchev–Trinajstić information content (AvgIpc) is 3.65. The van der Waals surface area contributed by atoms with Crippen LogP contribution in [0.4, 0.5) is 16.3 Å². The second kappa shape index (κ2) is 11.9. The highest BCUT2D eigenvalue weighted by atomic mass is 16.2. The molecule has 1 aliphatic heterocycles. The third-order valence-corrected chi connectivity index (χ3v) is 8.18. The normalized spacial score (nSPS) is 14.1. The van der Waals surface area contributed by atoms with Gasteiger partial charge < -0.3 is 10.2 Å². The number of anilines is 2. The van der Waals surface area contributed by atoms with Crippen molar-refractivity contribution in [3.63, 3.8) is 0 Å². The van der Waals surface area contributed by atoms with E-state index in [2.05, 4.69) is 52.9 Å². The van der Waals surface area contributed by atoms with Gasteiger partial charge in [0.2, 0.25) is 0 Å². The van der Waals surface area contributed by atoms with Crippen LogP contribution in [0.15, 0.2) is 72.8 Å². The number of hydrogen-bond donors (Lipinski definition) is 3. The summed E-state index contributed by atoms with van der Waals surface area (Å²) in [5.74, 6) is 1.10. The number of amides is 3. The van der Waals surface area contributed by atoms with Gasteiger partial charge in [0.05, 0.1) is 16.9 Å². The lowest BCUT2D eigenvalue weighted by Gasteiger charge is -2.32. The topological polar surface area (TPSA) is 121 Å². The average molecular weight is 591 g/mol. The van der Waals surface area contributed by atoms with E-state index in [-0.39, 0.29) is 17.4 Å².